The number of cyclic esters (lactones) is 1. The Balaban J connectivity index is 2.45. The molecule has 14 nitrogen and oxygen atoms in total. The molecule has 1 aliphatic carbocycles. The maximum Gasteiger partial charge on any atom is 0.325 e. The van der Waals surface area contributed by atoms with E-state index in [1.807, 2.05) is 6.92 Å². The van der Waals surface area contributed by atoms with Crippen molar-refractivity contribution in [2.45, 2.75) is 161 Å². The van der Waals surface area contributed by atoms with Gasteiger partial charge < -0.3 is 41.7 Å². The number of unbranched alkanes of at least 4 members (excludes halogenated alkanes) is 7. The van der Waals surface area contributed by atoms with Crippen LogP contribution in [0.4, 0.5) is 0 Å². The van der Waals surface area contributed by atoms with Crippen LogP contribution in [0.1, 0.15) is 125 Å². The summed E-state index contributed by atoms with van der Waals surface area (Å²) < 4.78 is 5.84. The van der Waals surface area contributed by atoms with Gasteiger partial charge in [0.25, 0.3) is 0 Å². The molecule has 0 aromatic rings. The number of aliphatic hydroxyl groups excluding tert-OH is 1. The van der Waals surface area contributed by atoms with E-state index in [9.17, 15) is 33.9 Å². The van der Waals surface area contributed by atoms with Crippen molar-refractivity contribution in [2.75, 3.05) is 20.1 Å². The standard InChI is InChI=1S/C37H66N6O8/c1-7-9-10-11-12-13-14-15-19-29-24(4)37(50)43(6)28(20-26-17-16-18-26)34(47)41-31(23(3)8-2)36(49)40-27(21-38)33(46)42-32(25(5)44)35(48)39-22-30(45)51-29/h23-29,31-32,44H,7-22,38H2,1-6H3,(H,39,48)(H,40,49)(H,41,47)(H,42,46)/t23?,24-,25?,27+,28+,29-,31+,32+/m1/s1. The number of hydrogen-bond donors (Lipinski definition) is 6. The Morgan fingerprint density at radius 1 is 0.843 bits per heavy atom. The molecule has 1 heterocycles. The second-order valence-electron chi connectivity index (χ2n) is 14.7. The predicted molar refractivity (Wildman–Crippen MR) is 194 cm³/mol. The van der Waals surface area contributed by atoms with Crippen LogP contribution < -0.4 is 27.0 Å². The number of esters is 1. The molecular weight excluding hydrogens is 656 g/mol. The zero-order valence-corrected chi connectivity index (χ0v) is 31.8. The molecule has 0 aromatic heterocycles. The molecule has 5 amide bonds. The lowest BCUT2D eigenvalue weighted by molar-refractivity contribution is -0.158. The number of carbonyl (C=O) groups is 6. The zero-order valence-electron chi connectivity index (χ0n) is 31.8. The average Bonchev–Trinajstić information content (AvgIpc) is 3.08. The summed E-state index contributed by atoms with van der Waals surface area (Å²) in [6.07, 6.45) is 10.6. The lowest BCUT2D eigenvalue weighted by atomic mass is 9.80. The number of aliphatic hydroxyl groups is 1. The number of carbonyl (C=O) groups excluding carboxylic acids is 6. The number of nitrogens with one attached hydrogen (secondary N) is 4. The molecule has 1 aliphatic heterocycles. The molecule has 2 rings (SSSR count). The third-order valence-electron chi connectivity index (χ3n) is 10.6. The highest BCUT2D eigenvalue weighted by atomic mass is 16.5. The third kappa shape index (κ3) is 14.0. The van der Waals surface area contributed by atoms with Crippen LogP contribution in [0.5, 0.6) is 0 Å². The van der Waals surface area contributed by atoms with Crippen LogP contribution in [0.2, 0.25) is 0 Å². The Kier molecular flexibility index (Phi) is 19.5. The van der Waals surface area contributed by atoms with Gasteiger partial charge in [0.1, 0.15) is 36.8 Å². The van der Waals surface area contributed by atoms with E-state index >= 15 is 0 Å². The van der Waals surface area contributed by atoms with E-state index in [0.717, 1.165) is 51.4 Å². The van der Waals surface area contributed by atoms with Gasteiger partial charge in [-0.2, -0.15) is 0 Å². The molecule has 292 valence electrons. The minimum atomic E-state index is -1.47. The van der Waals surface area contributed by atoms with Crippen LogP contribution >= 0.6 is 0 Å². The number of likely N-dealkylation sites (N-methyl/N-ethyl adjacent to an activating group) is 1. The molecule has 0 spiro atoms. The summed E-state index contributed by atoms with van der Waals surface area (Å²) in [5.74, 6) is -4.86. The van der Waals surface area contributed by atoms with Gasteiger partial charge >= 0.3 is 5.97 Å². The van der Waals surface area contributed by atoms with Crippen LogP contribution in [0, 0.1) is 17.8 Å². The number of rotatable bonds is 15. The summed E-state index contributed by atoms with van der Waals surface area (Å²) in [4.78, 5) is 82.7. The zero-order chi connectivity index (χ0) is 38.1. The van der Waals surface area contributed by atoms with Gasteiger partial charge in [0.2, 0.25) is 29.5 Å². The Bertz CT molecular complexity index is 1150. The SMILES string of the molecule is CCCCCCCCCC[C@H]1OC(=O)CNC(=O)[C@H](C(C)O)NC(=O)[C@H](CN)NC(=O)[C@H](C(C)CC)NC(=O)[C@H](CC2CCC2)N(C)C(=O)[C@@H]1C. The highest BCUT2D eigenvalue weighted by molar-refractivity contribution is 5.96. The minimum Gasteiger partial charge on any atom is -0.460 e. The fourth-order valence-corrected chi connectivity index (χ4v) is 6.59. The molecule has 2 aliphatic rings. The Hall–Kier alpha value is -3.26. The predicted octanol–water partition coefficient (Wildman–Crippen LogP) is 2.05. The van der Waals surface area contributed by atoms with Gasteiger partial charge in [0, 0.05) is 13.6 Å². The summed E-state index contributed by atoms with van der Waals surface area (Å²) in [6, 6.07) is -4.71. The molecule has 51 heavy (non-hydrogen) atoms. The van der Waals surface area contributed by atoms with Gasteiger partial charge in [-0.05, 0) is 38.0 Å². The van der Waals surface area contributed by atoms with Crippen LogP contribution in [-0.2, 0) is 33.5 Å². The normalized spacial score (nSPS) is 27.8. The summed E-state index contributed by atoms with van der Waals surface area (Å²) in [6.45, 7) is 7.93. The molecular formula is C37H66N6O8. The van der Waals surface area contributed by atoms with E-state index in [4.69, 9.17) is 10.5 Å². The largest absolute Gasteiger partial charge is 0.460 e. The molecule has 0 radical (unpaired) electrons. The first-order valence-corrected chi connectivity index (χ1v) is 19.3. The first kappa shape index (κ1) is 43.9. The van der Waals surface area contributed by atoms with Gasteiger partial charge in [-0.3, -0.25) is 28.8 Å². The second-order valence-corrected chi connectivity index (χ2v) is 14.7. The summed E-state index contributed by atoms with van der Waals surface area (Å²) >= 11 is 0. The summed E-state index contributed by atoms with van der Waals surface area (Å²) in [5, 5.41) is 20.6. The van der Waals surface area contributed by atoms with E-state index in [2.05, 4.69) is 28.2 Å². The van der Waals surface area contributed by atoms with Crippen molar-refractivity contribution in [3.63, 3.8) is 0 Å². The fraction of sp³-hybridized carbons (Fsp3) is 0.838. The highest BCUT2D eigenvalue weighted by Crippen LogP contribution is 2.32. The molecule has 0 bridgehead atoms. The van der Waals surface area contributed by atoms with Gasteiger partial charge in [-0.15, -0.1) is 0 Å². The van der Waals surface area contributed by atoms with Crippen LogP contribution in [-0.4, -0.2) is 102 Å². The molecule has 1 saturated heterocycles. The van der Waals surface area contributed by atoms with E-state index in [1.165, 1.54) is 31.1 Å². The van der Waals surface area contributed by atoms with Gasteiger partial charge in [-0.1, -0.05) is 98.3 Å². The van der Waals surface area contributed by atoms with Crippen LogP contribution in [0.25, 0.3) is 0 Å². The van der Waals surface area contributed by atoms with Crippen LogP contribution in [0.3, 0.4) is 0 Å². The molecule has 2 unspecified atom stereocenters. The minimum absolute atomic E-state index is 0.241. The first-order valence-electron chi connectivity index (χ1n) is 19.3. The number of nitrogens with two attached hydrogens (primary N) is 1. The molecule has 7 N–H and O–H groups in total. The number of amides is 5. The first-order chi connectivity index (χ1) is 24.2. The number of ether oxygens (including phenoxy) is 1. The Morgan fingerprint density at radius 3 is 2.00 bits per heavy atom. The van der Waals surface area contributed by atoms with Gasteiger partial charge in [0.05, 0.1) is 12.0 Å². The third-order valence-corrected chi connectivity index (χ3v) is 10.6. The van der Waals surface area contributed by atoms with Crippen molar-refractivity contribution in [1.29, 1.82) is 0 Å². The van der Waals surface area contributed by atoms with E-state index in [-0.39, 0.29) is 24.3 Å². The van der Waals surface area contributed by atoms with Crippen molar-refractivity contribution in [2.24, 2.45) is 23.5 Å². The molecule has 14 heteroatoms. The highest BCUT2D eigenvalue weighted by Gasteiger charge is 2.39. The Morgan fingerprint density at radius 2 is 1.45 bits per heavy atom. The van der Waals surface area contributed by atoms with Gasteiger partial charge in [0.15, 0.2) is 0 Å². The maximum absolute atomic E-state index is 14.1. The van der Waals surface area contributed by atoms with Crippen molar-refractivity contribution < 1.29 is 38.6 Å². The second kappa shape index (κ2) is 22.6. The monoisotopic (exact) mass is 722 g/mol. The van der Waals surface area contributed by atoms with Gasteiger partial charge in [-0.25, -0.2) is 0 Å². The Labute approximate surface area is 304 Å². The lowest BCUT2D eigenvalue weighted by Gasteiger charge is -2.37. The molecule has 1 saturated carbocycles. The maximum atomic E-state index is 14.1. The lowest BCUT2D eigenvalue weighted by Crippen LogP contribution is -2.62. The average molecular weight is 723 g/mol. The van der Waals surface area contributed by atoms with Crippen molar-refractivity contribution >= 4 is 35.5 Å². The number of hydrogen-bond acceptors (Lipinski definition) is 9. The molecule has 2 fully saturated rings. The van der Waals surface area contributed by atoms with Crippen molar-refractivity contribution in [3.05, 3.63) is 0 Å². The quantitative estimate of drug-likeness (QED) is 0.108. The van der Waals surface area contributed by atoms with Crippen LogP contribution in [0.15, 0.2) is 0 Å². The van der Waals surface area contributed by atoms with E-state index < -0.39 is 78.4 Å². The summed E-state index contributed by atoms with van der Waals surface area (Å²) in [7, 11) is 1.57. The summed E-state index contributed by atoms with van der Waals surface area (Å²) in [5.41, 5.74) is 5.85. The van der Waals surface area contributed by atoms with Crippen molar-refractivity contribution in [3.8, 4) is 0 Å². The van der Waals surface area contributed by atoms with Crippen molar-refractivity contribution in [1.82, 2.24) is 26.2 Å². The fourth-order valence-electron chi connectivity index (χ4n) is 6.59. The topological polar surface area (TPSA) is 209 Å². The number of nitrogens with zero attached hydrogens (tertiary/aromatic N) is 1. The smallest absolute Gasteiger partial charge is 0.325 e. The molecule has 0 aromatic carbocycles. The molecule has 8 atom stereocenters. The van der Waals surface area contributed by atoms with E-state index in [0.29, 0.717) is 19.3 Å². The van der Waals surface area contributed by atoms with E-state index in [1.54, 1.807) is 20.9 Å².